The van der Waals surface area contributed by atoms with Gasteiger partial charge in [-0.25, -0.2) is 4.98 Å². The molecule has 8 heteroatoms. The number of rotatable bonds is 6. The van der Waals surface area contributed by atoms with Gasteiger partial charge in [-0.05, 0) is 13.0 Å². The maximum absolute atomic E-state index is 12.0. The van der Waals surface area contributed by atoms with Crippen molar-refractivity contribution in [1.29, 1.82) is 0 Å². The Morgan fingerprint density at radius 1 is 1.39 bits per heavy atom. The second kappa shape index (κ2) is 6.93. The molecule has 2 aromatic heterocycles. The lowest BCUT2D eigenvalue weighted by Gasteiger charge is -2.10. The fourth-order valence-electron chi connectivity index (χ4n) is 2.19. The van der Waals surface area contributed by atoms with Crippen LogP contribution in [0.25, 0.3) is 22.1 Å². The topological polar surface area (TPSA) is 92.8 Å². The molecule has 0 aliphatic carbocycles. The standard InChI is InChI=1S/C15H17N5O2S/c1-9(14(21)16-7-8-22-2)23-15-18-13-12(19-20-15)10-5-3-4-6-11(10)17-13/h3-6,9H,7-8H2,1-2H3,(H,16,21)(H,17,18,20)/t9-/m1/s1. The van der Waals surface area contributed by atoms with Gasteiger partial charge in [0.25, 0.3) is 0 Å². The number of thioether (sulfide) groups is 1. The van der Waals surface area contributed by atoms with Crippen molar-refractivity contribution >= 4 is 39.7 Å². The Bertz CT molecular complexity index is 835. The Kier molecular flexibility index (Phi) is 4.73. The van der Waals surface area contributed by atoms with E-state index in [2.05, 4.69) is 25.5 Å². The number of hydrogen-bond donors (Lipinski definition) is 2. The van der Waals surface area contributed by atoms with Crippen LogP contribution < -0.4 is 5.32 Å². The number of aromatic nitrogens is 4. The predicted octanol–water partition coefficient (Wildman–Crippen LogP) is 1.75. The molecule has 0 fully saturated rings. The average molecular weight is 331 g/mol. The summed E-state index contributed by atoms with van der Waals surface area (Å²) in [5.74, 6) is -0.0765. The predicted molar refractivity (Wildman–Crippen MR) is 89.4 cm³/mol. The fraction of sp³-hybridized carbons (Fsp3) is 0.333. The molecule has 0 aliphatic heterocycles. The molecule has 3 aromatic rings. The first kappa shape index (κ1) is 15.7. The molecule has 2 N–H and O–H groups in total. The molecule has 0 saturated heterocycles. The molecule has 2 heterocycles. The first-order valence-corrected chi connectivity index (χ1v) is 8.11. The summed E-state index contributed by atoms with van der Waals surface area (Å²) in [6, 6.07) is 7.85. The number of amides is 1. The molecule has 1 amide bonds. The number of aromatic amines is 1. The van der Waals surface area contributed by atoms with Gasteiger partial charge in [0.1, 0.15) is 5.52 Å². The van der Waals surface area contributed by atoms with Gasteiger partial charge in [0.2, 0.25) is 11.1 Å². The van der Waals surface area contributed by atoms with E-state index in [1.165, 1.54) is 11.8 Å². The summed E-state index contributed by atoms with van der Waals surface area (Å²) < 4.78 is 4.91. The number of nitrogens with one attached hydrogen (secondary N) is 2. The van der Waals surface area contributed by atoms with Gasteiger partial charge >= 0.3 is 0 Å². The maximum atomic E-state index is 12.0. The van der Waals surface area contributed by atoms with Crippen LogP contribution in [0.4, 0.5) is 0 Å². The number of nitrogens with zero attached hydrogens (tertiary/aromatic N) is 3. The third-order valence-corrected chi connectivity index (χ3v) is 4.31. The molecule has 1 aromatic carbocycles. The van der Waals surface area contributed by atoms with Crippen molar-refractivity contribution in [2.45, 2.75) is 17.3 Å². The molecule has 0 spiro atoms. The van der Waals surface area contributed by atoms with Crippen molar-refractivity contribution in [1.82, 2.24) is 25.5 Å². The smallest absolute Gasteiger partial charge is 0.233 e. The molecular formula is C15H17N5O2S. The van der Waals surface area contributed by atoms with Crippen LogP contribution in [0.15, 0.2) is 29.4 Å². The Balaban J connectivity index is 1.75. The van der Waals surface area contributed by atoms with Gasteiger partial charge in [-0.1, -0.05) is 30.0 Å². The van der Waals surface area contributed by atoms with Crippen LogP contribution in [-0.4, -0.2) is 51.6 Å². The SMILES string of the molecule is COCCNC(=O)[C@@H](C)Sc1nnc2c(n1)[nH]c1ccccc12. The summed E-state index contributed by atoms with van der Waals surface area (Å²) in [5, 5.41) is 12.3. The minimum atomic E-state index is -0.310. The summed E-state index contributed by atoms with van der Waals surface area (Å²) >= 11 is 1.28. The number of ether oxygens (including phenoxy) is 1. The Labute approximate surface area is 137 Å². The van der Waals surface area contributed by atoms with Gasteiger partial charge in [-0.15, -0.1) is 10.2 Å². The number of benzene rings is 1. The lowest BCUT2D eigenvalue weighted by Crippen LogP contribution is -2.33. The third kappa shape index (κ3) is 3.43. The average Bonchev–Trinajstić information content (AvgIpc) is 2.92. The van der Waals surface area contributed by atoms with Gasteiger partial charge in [-0.2, -0.15) is 0 Å². The van der Waals surface area contributed by atoms with E-state index >= 15 is 0 Å². The Morgan fingerprint density at radius 3 is 3.04 bits per heavy atom. The molecule has 120 valence electrons. The minimum absolute atomic E-state index is 0.0765. The quantitative estimate of drug-likeness (QED) is 0.528. The van der Waals surface area contributed by atoms with Crippen molar-refractivity contribution < 1.29 is 9.53 Å². The van der Waals surface area contributed by atoms with Crippen LogP contribution >= 0.6 is 11.8 Å². The molecule has 1 atom stereocenters. The first-order chi connectivity index (χ1) is 11.2. The van der Waals surface area contributed by atoms with E-state index in [0.29, 0.717) is 24.0 Å². The largest absolute Gasteiger partial charge is 0.383 e. The van der Waals surface area contributed by atoms with Crippen molar-refractivity contribution in [3.63, 3.8) is 0 Å². The molecule has 0 bridgehead atoms. The highest BCUT2D eigenvalue weighted by Crippen LogP contribution is 2.24. The lowest BCUT2D eigenvalue weighted by molar-refractivity contribution is -0.120. The van der Waals surface area contributed by atoms with Crippen molar-refractivity contribution in [2.24, 2.45) is 0 Å². The summed E-state index contributed by atoms with van der Waals surface area (Å²) in [6.45, 7) is 2.79. The highest BCUT2D eigenvalue weighted by atomic mass is 32.2. The van der Waals surface area contributed by atoms with Crippen molar-refractivity contribution in [3.05, 3.63) is 24.3 Å². The molecule has 0 unspecified atom stereocenters. The number of H-pyrrole nitrogens is 1. The second-order valence-electron chi connectivity index (χ2n) is 5.01. The van der Waals surface area contributed by atoms with Crippen LogP contribution in [0.5, 0.6) is 0 Å². The number of carbonyl (C=O) groups excluding carboxylic acids is 1. The van der Waals surface area contributed by atoms with E-state index in [1.807, 2.05) is 31.2 Å². The monoisotopic (exact) mass is 331 g/mol. The summed E-state index contributed by atoms with van der Waals surface area (Å²) in [7, 11) is 1.60. The first-order valence-electron chi connectivity index (χ1n) is 7.23. The van der Waals surface area contributed by atoms with E-state index in [-0.39, 0.29) is 11.2 Å². The van der Waals surface area contributed by atoms with E-state index in [9.17, 15) is 4.79 Å². The number of carbonyl (C=O) groups is 1. The third-order valence-electron chi connectivity index (χ3n) is 3.36. The zero-order valence-corrected chi connectivity index (χ0v) is 13.7. The zero-order chi connectivity index (χ0) is 16.2. The number of hydrogen-bond acceptors (Lipinski definition) is 6. The van der Waals surface area contributed by atoms with E-state index in [1.54, 1.807) is 7.11 Å². The van der Waals surface area contributed by atoms with Gasteiger partial charge < -0.3 is 15.0 Å². The molecule has 0 radical (unpaired) electrons. The maximum Gasteiger partial charge on any atom is 0.233 e. The fourth-order valence-corrected chi connectivity index (χ4v) is 2.93. The minimum Gasteiger partial charge on any atom is -0.383 e. The highest BCUT2D eigenvalue weighted by Gasteiger charge is 2.17. The molecule has 0 aliphatic rings. The number of fused-ring (bicyclic) bond motifs is 3. The van der Waals surface area contributed by atoms with Crippen LogP contribution in [0.3, 0.4) is 0 Å². The lowest BCUT2D eigenvalue weighted by atomic mass is 10.2. The summed E-state index contributed by atoms with van der Waals surface area (Å²) in [6.07, 6.45) is 0. The van der Waals surface area contributed by atoms with E-state index < -0.39 is 0 Å². The Hall–Kier alpha value is -2.19. The molecule has 23 heavy (non-hydrogen) atoms. The van der Waals surface area contributed by atoms with Crippen LogP contribution in [-0.2, 0) is 9.53 Å². The summed E-state index contributed by atoms with van der Waals surface area (Å²) in [5.41, 5.74) is 2.38. The van der Waals surface area contributed by atoms with Gasteiger partial charge in [0.05, 0.1) is 11.9 Å². The number of para-hydroxylation sites is 1. The van der Waals surface area contributed by atoms with Crippen LogP contribution in [0.2, 0.25) is 0 Å². The van der Waals surface area contributed by atoms with Gasteiger partial charge in [0.15, 0.2) is 5.65 Å². The zero-order valence-electron chi connectivity index (χ0n) is 12.9. The normalized spacial score (nSPS) is 12.6. The second-order valence-corrected chi connectivity index (χ2v) is 6.31. The number of methoxy groups -OCH3 is 1. The highest BCUT2D eigenvalue weighted by molar-refractivity contribution is 8.00. The molecule has 0 saturated carbocycles. The van der Waals surface area contributed by atoms with Gasteiger partial charge in [-0.3, -0.25) is 4.79 Å². The van der Waals surface area contributed by atoms with Crippen molar-refractivity contribution in [3.8, 4) is 0 Å². The van der Waals surface area contributed by atoms with Crippen LogP contribution in [0, 0.1) is 0 Å². The van der Waals surface area contributed by atoms with Crippen molar-refractivity contribution in [2.75, 3.05) is 20.3 Å². The van der Waals surface area contributed by atoms with E-state index in [4.69, 9.17) is 4.74 Å². The van der Waals surface area contributed by atoms with Crippen LogP contribution in [0.1, 0.15) is 6.92 Å². The van der Waals surface area contributed by atoms with E-state index in [0.717, 1.165) is 16.4 Å². The molecular weight excluding hydrogens is 314 g/mol. The Morgan fingerprint density at radius 2 is 2.22 bits per heavy atom. The van der Waals surface area contributed by atoms with Gasteiger partial charge in [0, 0.05) is 24.6 Å². The molecule has 3 rings (SSSR count). The molecule has 7 nitrogen and oxygen atoms in total. The summed E-state index contributed by atoms with van der Waals surface area (Å²) in [4.78, 5) is 19.6.